The largest absolute Gasteiger partial charge is 0.419 e. The number of hydrogen-bond donors (Lipinski definition) is 0. The Labute approximate surface area is 150 Å². The summed E-state index contributed by atoms with van der Waals surface area (Å²) in [6.45, 7) is 5.74. The van der Waals surface area contributed by atoms with Crippen molar-refractivity contribution in [2.24, 2.45) is 11.3 Å². The fourth-order valence-electron chi connectivity index (χ4n) is 4.55. The number of allylic oxidation sites excluding steroid dienone is 1. The molecule has 1 fully saturated rings. The van der Waals surface area contributed by atoms with Crippen LogP contribution in [0, 0.1) is 11.3 Å². The van der Waals surface area contributed by atoms with Crippen molar-refractivity contribution in [2.75, 3.05) is 13.1 Å². The van der Waals surface area contributed by atoms with Crippen molar-refractivity contribution < 1.29 is 22.8 Å². The van der Waals surface area contributed by atoms with Crippen LogP contribution in [0.5, 0.6) is 0 Å². The highest BCUT2D eigenvalue weighted by Crippen LogP contribution is 2.55. The zero-order valence-corrected chi connectivity index (χ0v) is 15.1. The van der Waals surface area contributed by atoms with E-state index < -0.39 is 34.3 Å². The van der Waals surface area contributed by atoms with Gasteiger partial charge in [-0.3, -0.25) is 9.59 Å². The van der Waals surface area contributed by atoms with E-state index in [1.165, 1.54) is 13.8 Å². The number of piperidine rings is 1. The van der Waals surface area contributed by atoms with Gasteiger partial charge in [0.2, 0.25) is 5.91 Å². The highest BCUT2D eigenvalue weighted by molar-refractivity contribution is 6.06. The van der Waals surface area contributed by atoms with Crippen LogP contribution in [-0.2, 0) is 15.0 Å². The molecular weight excluding hydrogens is 343 g/mol. The van der Waals surface area contributed by atoms with Gasteiger partial charge in [-0.1, -0.05) is 44.2 Å². The van der Waals surface area contributed by atoms with E-state index in [2.05, 4.69) is 0 Å². The molecule has 1 aliphatic heterocycles. The summed E-state index contributed by atoms with van der Waals surface area (Å²) in [5, 5.41) is 0. The second kappa shape index (κ2) is 5.96. The molecule has 1 amide bonds. The standard InChI is InChI=1S/C20H22F3NO2/c1-4-24-11-10-15-18(2,3)16(25)14(20(21,22)23)12-19(15,17(24)26)13-8-6-5-7-9-13/h5-9,12,15H,4,10-11H2,1-3H3/t15-,19+/m0/s1. The van der Waals surface area contributed by atoms with Crippen LogP contribution in [0.25, 0.3) is 0 Å². The normalized spacial score (nSPS) is 28.6. The lowest BCUT2D eigenvalue weighted by molar-refractivity contribution is -0.153. The molecule has 140 valence electrons. The van der Waals surface area contributed by atoms with Crippen molar-refractivity contribution in [3.05, 3.63) is 47.5 Å². The SMILES string of the molecule is CCN1CC[C@H]2C(C)(C)C(=O)C(C(F)(F)F)=C[C@]2(c2ccccc2)C1=O. The van der Waals surface area contributed by atoms with Crippen molar-refractivity contribution in [3.8, 4) is 0 Å². The maximum Gasteiger partial charge on any atom is 0.419 e. The Morgan fingerprint density at radius 2 is 1.77 bits per heavy atom. The van der Waals surface area contributed by atoms with Gasteiger partial charge in [0, 0.05) is 18.5 Å². The van der Waals surface area contributed by atoms with Crippen LogP contribution in [0.1, 0.15) is 32.8 Å². The molecule has 0 N–H and O–H groups in total. The number of amides is 1. The average Bonchev–Trinajstić information content (AvgIpc) is 2.58. The van der Waals surface area contributed by atoms with E-state index in [0.29, 0.717) is 25.1 Å². The molecule has 1 saturated heterocycles. The number of benzene rings is 1. The molecule has 3 rings (SSSR count). The molecule has 1 aromatic carbocycles. The first-order valence-corrected chi connectivity index (χ1v) is 8.76. The molecule has 0 spiro atoms. The summed E-state index contributed by atoms with van der Waals surface area (Å²) >= 11 is 0. The predicted molar refractivity (Wildman–Crippen MR) is 91.4 cm³/mol. The van der Waals surface area contributed by atoms with E-state index in [1.54, 1.807) is 35.2 Å². The molecular formula is C20H22F3NO2. The zero-order valence-electron chi connectivity index (χ0n) is 15.1. The Kier molecular flexibility index (Phi) is 4.28. The van der Waals surface area contributed by atoms with Gasteiger partial charge < -0.3 is 4.90 Å². The number of fused-ring (bicyclic) bond motifs is 1. The second-order valence-electron chi connectivity index (χ2n) is 7.57. The van der Waals surface area contributed by atoms with Gasteiger partial charge in [0.15, 0.2) is 5.78 Å². The molecule has 1 aromatic rings. The lowest BCUT2D eigenvalue weighted by Gasteiger charge is -2.54. The van der Waals surface area contributed by atoms with Crippen LogP contribution in [0.3, 0.4) is 0 Å². The third kappa shape index (κ3) is 2.49. The Bertz CT molecular complexity index is 767. The molecule has 0 bridgehead atoms. The lowest BCUT2D eigenvalue weighted by atomic mass is 9.51. The smallest absolute Gasteiger partial charge is 0.342 e. The first kappa shape index (κ1) is 18.7. The summed E-state index contributed by atoms with van der Waals surface area (Å²) in [5.41, 5.74) is -3.47. The van der Waals surface area contributed by atoms with E-state index in [9.17, 15) is 22.8 Å². The summed E-state index contributed by atoms with van der Waals surface area (Å²) in [5.74, 6) is -1.81. The number of carbonyl (C=O) groups excluding carboxylic acids is 2. The van der Waals surface area contributed by atoms with Crippen molar-refractivity contribution in [2.45, 2.75) is 38.8 Å². The zero-order chi connectivity index (χ0) is 19.3. The quantitative estimate of drug-likeness (QED) is 0.797. The number of alkyl halides is 3. The molecule has 2 aliphatic rings. The number of rotatable bonds is 2. The summed E-state index contributed by atoms with van der Waals surface area (Å²) in [6, 6.07) is 8.54. The van der Waals surface area contributed by atoms with Crippen LogP contribution >= 0.6 is 0 Å². The Balaban J connectivity index is 2.36. The van der Waals surface area contributed by atoms with Crippen LogP contribution in [0.15, 0.2) is 42.0 Å². The fourth-order valence-corrected chi connectivity index (χ4v) is 4.55. The third-order valence-electron chi connectivity index (χ3n) is 5.89. The minimum atomic E-state index is -4.80. The number of likely N-dealkylation sites (tertiary alicyclic amines) is 1. The Hall–Kier alpha value is -2.11. The minimum Gasteiger partial charge on any atom is -0.342 e. The van der Waals surface area contributed by atoms with Gasteiger partial charge in [0.25, 0.3) is 0 Å². The molecule has 26 heavy (non-hydrogen) atoms. The van der Waals surface area contributed by atoms with E-state index >= 15 is 0 Å². The van der Waals surface area contributed by atoms with Crippen LogP contribution < -0.4 is 0 Å². The third-order valence-corrected chi connectivity index (χ3v) is 5.89. The molecule has 0 aromatic heterocycles. The van der Waals surface area contributed by atoms with Gasteiger partial charge in [-0.2, -0.15) is 13.2 Å². The number of nitrogens with zero attached hydrogens (tertiary/aromatic N) is 1. The van der Waals surface area contributed by atoms with E-state index in [0.717, 1.165) is 6.08 Å². The molecule has 0 unspecified atom stereocenters. The molecule has 0 radical (unpaired) electrons. The van der Waals surface area contributed by atoms with Crippen molar-refractivity contribution >= 4 is 11.7 Å². The van der Waals surface area contributed by atoms with Gasteiger partial charge in [-0.15, -0.1) is 0 Å². The Morgan fingerprint density at radius 3 is 2.31 bits per heavy atom. The average molecular weight is 365 g/mol. The van der Waals surface area contributed by atoms with Gasteiger partial charge in [0.05, 0.1) is 11.0 Å². The number of ketones is 1. The molecule has 1 aliphatic carbocycles. The van der Waals surface area contributed by atoms with Crippen molar-refractivity contribution in [1.82, 2.24) is 4.90 Å². The number of halogens is 3. The molecule has 2 atom stereocenters. The minimum absolute atomic E-state index is 0.357. The maximum absolute atomic E-state index is 13.7. The van der Waals surface area contributed by atoms with E-state index in [-0.39, 0.29) is 5.91 Å². The van der Waals surface area contributed by atoms with E-state index in [1.807, 2.05) is 6.92 Å². The van der Waals surface area contributed by atoms with Crippen molar-refractivity contribution in [1.29, 1.82) is 0 Å². The van der Waals surface area contributed by atoms with Crippen LogP contribution in [0.2, 0.25) is 0 Å². The van der Waals surface area contributed by atoms with Gasteiger partial charge in [-0.05, 0) is 30.9 Å². The predicted octanol–water partition coefficient (Wildman–Crippen LogP) is 3.89. The van der Waals surface area contributed by atoms with Gasteiger partial charge in [0.1, 0.15) is 0 Å². The summed E-state index contributed by atoms with van der Waals surface area (Å²) < 4.78 is 41.0. The lowest BCUT2D eigenvalue weighted by Crippen LogP contribution is -2.63. The number of carbonyl (C=O) groups is 2. The maximum atomic E-state index is 13.7. The monoisotopic (exact) mass is 365 g/mol. The highest BCUT2D eigenvalue weighted by Gasteiger charge is 2.63. The van der Waals surface area contributed by atoms with Crippen LogP contribution in [-0.4, -0.2) is 35.9 Å². The highest BCUT2D eigenvalue weighted by atomic mass is 19.4. The first-order chi connectivity index (χ1) is 12.1. The molecule has 3 nitrogen and oxygen atoms in total. The topological polar surface area (TPSA) is 37.4 Å². The number of hydrogen-bond acceptors (Lipinski definition) is 2. The number of Topliss-reactive ketones (excluding diaryl/α,β-unsaturated/α-hetero) is 1. The van der Waals surface area contributed by atoms with Gasteiger partial charge >= 0.3 is 6.18 Å². The molecule has 6 heteroatoms. The van der Waals surface area contributed by atoms with Gasteiger partial charge in [-0.25, -0.2) is 0 Å². The van der Waals surface area contributed by atoms with E-state index in [4.69, 9.17) is 0 Å². The molecule has 0 saturated carbocycles. The van der Waals surface area contributed by atoms with Crippen molar-refractivity contribution in [3.63, 3.8) is 0 Å². The first-order valence-electron chi connectivity index (χ1n) is 8.76. The molecule has 1 heterocycles. The Morgan fingerprint density at radius 1 is 1.15 bits per heavy atom. The summed E-state index contributed by atoms with van der Waals surface area (Å²) in [4.78, 5) is 27.6. The summed E-state index contributed by atoms with van der Waals surface area (Å²) in [6.07, 6.45) is -3.41. The van der Waals surface area contributed by atoms with Crippen LogP contribution in [0.4, 0.5) is 13.2 Å². The number of likely N-dealkylation sites (N-methyl/N-ethyl adjacent to an activating group) is 1. The summed E-state index contributed by atoms with van der Waals surface area (Å²) in [7, 11) is 0. The fraction of sp³-hybridized carbons (Fsp3) is 0.500. The second-order valence-corrected chi connectivity index (χ2v) is 7.57.